The number of fused-ring (bicyclic) bond motifs is 1. The third-order valence-electron chi connectivity index (χ3n) is 6.33. The molecule has 1 aliphatic rings. The van der Waals surface area contributed by atoms with E-state index in [-0.39, 0.29) is 5.91 Å². The third-order valence-corrected chi connectivity index (χ3v) is 6.33. The summed E-state index contributed by atoms with van der Waals surface area (Å²) < 4.78 is 5.30. The van der Waals surface area contributed by atoms with Crippen LogP contribution in [-0.2, 0) is 11.2 Å². The fourth-order valence-corrected chi connectivity index (χ4v) is 4.49. The van der Waals surface area contributed by atoms with Crippen LogP contribution in [0.15, 0.2) is 48.5 Å². The number of carbonyl (C=O) groups excluding carboxylic acids is 1. The number of H-pyrrole nitrogens is 1. The minimum atomic E-state index is 0.262. The molecule has 2 heterocycles. The van der Waals surface area contributed by atoms with Gasteiger partial charge in [-0.25, -0.2) is 0 Å². The minimum absolute atomic E-state index is 0.262. The Balaban J connectivity index is 1.52. The van der Waals surface area contributed by atoms with Crippen molar-refractivity contribution in [2.24, 2.45) is 0 Å². The van der Waals surface area contributed by atoms with Gasteiger partial charge in [-0.15, -0.1) is 0 Å². The number of nitrogens with one attached hydrogen (secondary N) is 1. The van der Waals surface area contributed by atoms with Gasteiger partial charge in [0.2, 0.25) is 5.91 Å². The van der Waals surface area contributed by atoms with Crippen molar-refractivity contribution in [3.8, 4) is 17.0 Å². The van der Waals surface area contributed by atoms with Crippen LogP contribution in [0, 0.1) is 0 Å². The first-order valence-electron chi connectivity index (χ1n) is 10.7. The Morgan fingerprint density at radius 3 is 2.47 bits per heavy atom. The average Bonchev–Trinajstić information content (AvgIpc) is 3.16. The first-order valence-corrected chi connectivity index (χ1v) is 10.7. The first kappa shape index (κ1) is 20.5. The molecule has 0 unspecified atom stereocenters. The first-order chi connectivity index (χ1) is 14.6. The van der Waals surface area contributed by atoms with Gasteiger partial charge in [0.25, 0.3) is 0 Å². The fraction of sp³-hybridized carbons (Fsp3) is 0.400. The van der Waals surface area contributed by atoms with Gasteiger partial charge in [-0.05, 0) is 74.8 Å². The van der Waals surface area contributed by atoms with Crippen molar-refractivity contribution in [1.29, 1.82) is 0 Å². The number of methoxy groups -OCH3 is 1. The molecule has 0 saturated carbocycles. The molecular formula is C25H31N3O2. The number of carbonyl (C=O) groups is 1. The molecule has 0 bridgehead atoms. The topological polar surface area (TPSA) is 48.6 Å². The molecule has 1 aromatic heterocycles. The molecule has 0 atom stereocenters. The molecule has 4 rings (SSSR count). The Morgan fingerprint density at radius 2 is 1.80 bits per heavy atom. The zero-order valence-corrected chi connectivity index (χ0v) is 18.1. The van der Waals surface area contributed by atoms with Crippen LogP contribution >= 0.6 is 0 Å². The summed E-state index contributed by atoms with van der Waals surface area (Å²) in [5.41, 5.74) is 4.53. The van der Waals surface area contributed by atoms with Crippen LogP contribution in [0.1, 0.15) is 24.8 Å². The maximum absolute atomic E-state index is 12.9. The molecule has 3 aromatic rings. The zero-order valence-electron chi connectivity index (χ0n) is 18.1. The molecule has 1 N–H and O–H groups in total. The number of para-hydroxylation sites is 1. The van der Waals surface area contributed by atoms with Gasteiger partial charge in [0, 0.05) is 42.1 Å². The summed E-state index contributed by atoms with van der Waals surface area (Å²) in [6.07, 6.45) is 3.39. The van der Waals surface area contributed by atoms with Crippen molar-refractivity contribution in [3.05, 3.63) is 54.1 Å². The molecule has 1 saturated heterocycles. The van der Waals surface area contributed by atoms with E-state index in [1.807, 2.05) is 23.1 Å². The van der Waals surface area contributed by atoms with Gasteiger partial charge in [-0.3, -0.25) is 4.79 Å². The number of ether oxygens (including phenoxy) is 1. The maximum atomic E-state index is 12.9. The molecule has 1 fully saturated rings. The highest BCUT2D eigenvalue weighted by Crippen LogP contribution is 2.32. The number of aromatic nitrogens is 1. The largest absolute Gasteiger partial charge is 0.497 e. The van der Waals surface area contributed by atoms with Gasteiger partial charge in [0.05, 0.1) is 7.11 Å². The maximum Gasteiger partial charge on any atom is 0.222 e. The number of amides is 1. The molecule has 1 aliphatic heterocycles. The average molecular weight is 406 g/mol. The number of likely N-dealkylation sites (tertiary alicyclic amines) is 1. The van der Waals surface area contributed by atoms with E-state index in [2.05, 4.69) is 54.3 Å². The molecule has 0 spiro atoms. The molecule has 1 amide bonds. The predicted molar refractivity (Wildman–Crippen MR) is 122 cm³/mol. The number of aromatic amines is 1. The number of hydrogen-bond acceptors (Lipinski definition) is 3. The highest BCUT2D eigenvalue weighted by Gasteiger charge is 2.24. The molecule has 0 radical (unpaired) electrons. The van der Waals surface area contributed by atoms with E-state index < -0.39 is 0 Å². The summed E-state index contributed by atoms with van der Waals surface area (Å²) in [5.74, 6) is 1.10. The van der Waals surface area contributed by atoms with Crippen LogP contribution in [0.5, 0.6) is 5.75 Å². The summed E-state index contributed by atoms with van der Waals surface area (Å²) >= 11 is 0. The summed E-state index contributed by atoms with van der Waals surface area (Å²) in [4.78, 5) is 20.8. The number of nitrogens with zero attached hydrogens (tertiary/aromatic N) is 2. The van der Waals surface area contributed by atoms with Gasteiger partial charge in [0.1, 0.15) is 5.75 Å². The highest BCUT2D eigenvalue weighted by molar-refractivity contribution is 5.91. The minimum Gasteiger partial charge on any atom is -0.497 e. The van der Waals surface area contributed by atoms with Gasteiger partial charge >= 0.3 is 0 Å². The smallest absolute Gasteiger partial charge is 0.222 e. The van der Waals surface area contributed by atoms with Crippen molar-refractivity contribution in [2.75, 3.05) is 34.3 Å². The lowest BCUT2D eigenvalue weighted by atomic mass is 9.99. The van der Waals surface area contributed by atoms with Crippen LogP contribution in [0.3, 0.4) is 0 Å². The lowest BCUT2D eigenvalue weighted by molar-refractivity contribution is -0.132. The quantitative estimate of drug-likeness (QED) is 0.664. The fourth-order valence-electron chi connectivity index (χ4n) is 4.49. The Kier molecular flexibility index (Phi) is 6.09. The van der Waals surface area contributed by atoms with Crippen LogP contribution in [0.2, 0.25) is 0 Å². The van der Waals surface area contributed by atoms with Crippen LogP contribution in [-0.4, -0.2) is 61.0 Å². The summed E-state index contributed by atoms with van der Waals surface area (Å²) in [6, 6.07) is 17.0. The number of aryl methyl sites for hydroxylation is 1. The lowest BCUT2D eigenvalue weighted by Gasteiger charge is -2.35. The molecule has 5 heteroatoms. The van der Waals surface area contributed by atoms with E-state index in [0.29, 0.717) is 12.5 Å². The van der Waals surface area contributed by atoms with Crippen LogP contribution < -0.4 is 4.74 Å². The second-order valence-corrected chi connectivity index (χ2v) is 8.33. The second kappa shape index (κ2) is 8.92. The van der Waals surface area contributed by atoms with Gasteiger partial charge < -0.3 is 19.5 Å². The normalized spacial score (nSPS) is 15.1. The van der Waals surface area contributed by atoms with E-state index >= 15 is 0 Å². The van der Waals surface area contributed by atoms with Crippen LogP contribution in [0.25, 0.3) is 22.2 Å². The summed E-state index contributed by atoms with van der Waals surface area (Å²) in [5, 5.41) is 1.20. The SMILES string of the molecule is COc1ccc(-c2[nH]c3ccccc3c2CCC(=O)N2CCC(N(C)C)CC2)cc1. The van der Waals surface area contributed by atoms with E-state index in [1.54, 1.807) is 7.11 Å². The summed E-state index contributed by atoms with van der Waals surface area (Å²) in [6.45, 7) is 1.72. The molecule has 2 aromatic carbocycles. The lowest BCUT2D eigenvalue weighted by Crippen LogP contribution is -2.44. The monoisotopic (exact) mass is 405 g/mol. The van der Waals surface area contributed by atoms with Crippen molar-refractivity contribution < 1.29 is 9.53 Å². The molecule has 5 nitrogen and oxygen atoms in total. The van der Waals surface area contributed by atoms with Crippen LogP contribution in [0.4, 0.5) is 0 Å². The van der Waals surface area contributed by atoms with Gasteiger partial charge in [0.15, 0.2) is 0 Å². The van der Waals surface area contributed by atoms with E-state index in [0.717, 1.165) is 54.9 Å². The highest BCUT2D eigenvalue weighted by atomic mass is 16.5. The number of benzene rings is 2. The van der Waals surface area contributed by atoms with Crippen molar-refractivity contribution >= 4 is 16.8 Å². The predicted octanol–water partition coefficient (Wildman–Crippen LogP) is 4.33. The molecule has 0 aliphatic carbocycles. The van der Waals surface area contributed by atoms with Crippen molar-refractivity contribution in [1.82, 2.24) is 14.8 Å². The Hall–Kier alpha value is -2.79. The van der Waals surface area contributed by atoms with Crippen molar-refractivity contribution in [3.63, 3.8) is 0 Å². The van der Waals surface area contributed by atoms with Gasteiger partial charge in [-0.1, -0.05) is 18.2 Å². The molecular weight excluding hydrogens is 374 g/mol. The van der Waals surface area contributed by atoms with Gasteiger partial charge in [-0.2, -0.15) is 0 Å². The Bertz CT molecular complexity index is 999. The van der Waals surface area contributed by atoms with E-state index in [9.17, 15) is 4.79 Å². The standard InChI is InChI=1S/C25H31N3O2/c1-27(2)19-14-16-28(17-15-19)24(29)13-12-22-21-6-4-5-7-23(21)26-25(22)18-8-10-20(30-3)11-9-18/h4-11,19,26H,12-17H2,1-3H3. The Labute approximate surface area is 178 Å². The van der Waals surface area contributed by atoms with Crippen molar-refractivity contribution in [2.45, 2.75) is 31.7 Å². The summed E-state index contributed by atoms with van der Waals surface area (Å²) in [7, 11) is 5.93. The number of hydrogen-bond donors (Lipinski definition) is 1. The number of piperidine rings is 1. The molecule has 30 heavy (non-hydrogen) atoms. The Morgan fingerprint density at radius 1 is 1.10 bits per heavy atom. The zero-order chi connectivity index (χ0) is 21.1. The third kappa shape index (κ3) is 4.21. The van der Waals surface area contributed by atoms with E-state index in [1.165, 1.54) is 10.9 Å². The number of rotatable bonds is 6. The molecule has 158 valence electrons. The van der Waals surface area contributed by atoms with E-state index in [4.69, 9.17) is 4.74 Å². The second-order valence-electron chi connectivity index (χ2n) is 8.33.